The predicted molar refractivity (Wildman–Crippen MR) is 123 cm³/mol. The molecule has 0 fully saturated rings. The second-order valence-electron chi connectivity index (χ2n) is 6.38. The molecule has 3 aromatic carbocycles. The molecule has 30 heavy (non-hydrogen) atoms. The average molecular weight is 420 g/mol. The van der Waals surface area contributed by atoms with Gasteiger partial charge in [-0.15, -0.1) is 0 Å². The Morgan fingerprint density at radius 1 is 1.00 bits per heavy atom. The second kappa shape index (κ2) is 10.2. The van der Waals surface area contributed by atoms with Crippen molar-refractivity contribution in [2.45, 2.75) is 6.92 Å². The molecule has 0 atom stereocenters. The molecule has 0 aliphatic rings. The van der Waals surface area contributed by atoms with Gasteiger partial charge in [0.15, 0.2) is 5.11 Å². The first-order chi connectivity index (χ1) is 14.5. The van der Waals surface area contributed by atoms with Gasteiger partial charge >= 0.3 is 5.97 Å². The molecular formula is C23H21N3O3S. The number of aryl methyl sites for hydroxylation is 1. The van der Waals surface area contributed by atoms with E-state index in [0.717, 1.165) is 16.8 Å². The van der Waals surface area contributed by atoms with Crippen LogP contribution in [0.3, 0.4) is 0 Å². The Hall–Kier alpha value is -3.71. The molecule has 0 heterocycles. The molecule has 3 aromatic rings. The molecule has 0 aliphatic heterocycles. The molecule has 7 heteroatoms. The summed E-state index contributed by atoms with van der Waals surface area (Å²) in [7, 11) is 1.57. The molecule has 3 rings (SSSR count). The van der Waals surface area contributed by atoms with Gasteiger partial charge in [-0.25, -0.2) is 4.79 Å². The van der Waals surface area contributed by atoms with Gasteiger partial charge in [0, 0.05) is 5.69 Å². The third-order valence-corrected chi connectivity index (χ3v) is 4.24. The van der Waals surface area contributed by atoms with Crippen LogP contribution in [-0.4, -0.2) is 24.4 Å². The van der Waals surface area contributed by atoms with E-state index in [4.69, 9.17) is 21.7 Å². The number of nitrogens with one attached hydrogen (secondary N) is 2. The number of esters is 1. The summed E-state index contributed by atoms with van der Waals surface area (Å²) in [6, 6.07) is 21.6. The molecule has 0 saturated heterocycles. The molecule has 0 amide bonds. The van der Waals surface area contributed by atoms with Gasteiger partial charge in [0.1, 0.15) is 11.5 Å². The molecule has 2 N–H and O–H groups in total. The van der Waals surface area contributed by atoms with Crippen LogP contribution in [0.15, 0.2) is 77.9 Å². The van der Waals surface area contributed by atoms with Crippen LogP contribution in [-0.2, 0) is 0 Å². The van der Waals surface area contributed by atoms with Crippen molar-refractivity contribution >= 4 is 35.2 Å². The topological polar surface area (TPSA) is 72.0 Å². The van der Waals surface area contributed by atoms with E-state index in [1.54, 1.807) is 55.8 Å². The Bertz CT molecular complexity index is 1070. The second-order valence-corrected chi connectivity index (χ2v) is 6.79. The number of rotatable bonds is 6. The standard InChI is InChI=1S/C23H21N3O3S/c1-16-5-3-7-19(13-16)25-23(30)26-24-15-17-6-4-8-21(14-17)29-22(27)18-9-11-20(28-2)12-10-18/h3-15H,1-2H3,(H2,25,26,30)/b24-15-. The number of benzene rings is 3. The minimum atomic E-state index is -0.451. The number of hydrogen-bond donors (Lipinski definition) is 2. The summed E-state index contributed by atoms with van der Waals surface area (Å²) in [5, 5.41) is 7.56. The number of ether oxygens (including phenoxy) is 2. The van der Waals surface area contributed by atoms with Gasteiger partial charge in [0.25, 0.3) is 0 Å². The maximum atomic E-state index is 12.3. The highest BCUT2D eigenvalue weighted by molar-refractivity contribution is 7.80. The lowest BCUT2D eigenvalue weighted by Crippen LogP contribution is -2.23. The van der Waals surface area contributed by atoms with Gasteiger partial charge < -0.3 is 14.8 Å². The van der Waals surface area contributed by atoms with E-state index in [2.05, 4.69) is 15.8 Å². The van der Waals surface area contributed by atoms with E-state index in [9.17, 15) is 4.79 Å². The number of thiocarbonyl (C=S) groups is 1. The quantitative estimate of drug-likeness (QED) is 0.201. The fourth-order valence-corrected chi connectivity index (χ4v) is 2.77. The van der Waals surface area contributed by atoms with Crippen LogP contribution in [0.4, 0.5) is 5.69 Å². The first kappa shape index (κ1) is 21.0. The van der Waals surface area contributed by atoms with E-state index in [1.165, 1.54) is 0 Å². The summed E-state index contributed by atoms with van der Waals surface area (Å²) >= 11 is 5.24. The van der Waals surface area contributed by atoms with E-state index in [1.807, 2.05) is 37.3 Å². The highest BCUT2D eigenvalue weighted by Crippen LogP contribution is 2.16. The smallest absolute Gasteiger partial charge is 0.343 e. The van der Waals surface area contributed by atoms with Crippen molar-refractivity contribution in [1.82, 2.24) is 5.43 Å². The highest BCUT2D eigenvalue weighted by Gasteiger charge is 2.09. The van der Waals surface area contributed by atoms with Gasteiger partial charge in [-0.05, 0) is 78.8 Å². The summed E-state index contributed by atoms with van der Waals surface area (Å²) in [5.74, 6) is 0.640. The average Bonchev–Trinajstić information content (AvgIpc) is 2.74. The van der Waals surface area contributed by atoms with E-state index in [0.29, 0.717) is 22.2 Å². The molecule has 152 valence electrons. The number of nitrogens with zero attached hydrogens (tertiary/aromatic N) is 1. The minimum absolute atomic E-state index is 0.374. The lowest BCUT2D eigenvalue weighted by Gasteiger charge is -2.07. The molecule has 0 bridgehead atoms. The fourth-order valence-electron chi connectivity index (χ4n) is 2.60. The van der Waals surface area contributed by atoms with Crippen molar-refractivity contribution in [3.8, 4) is 11.5 Å². The monoisotopic (exact) mass is 419 g/mol. The van der Waals surface area contributed by atoms with Gasteiger partial charge in [-0.2, -0.15) is 5.10 Å². The molecule has 0 spiro atoms. The van der Waals surface area contributed by atoms with Crippen LogP contribution in [0.1, 0.15) is 21.5 Å². The number of carbonyl (C=O) groups is 1. The number of anilines is 1. The summed E-state index contributed by atoms with van der Waals surface area (Å²) in [5.41, 5.74) is 5.97. The molecule has 0 aromatic heterocycles. The first-order valence-corrected chi connectivity index (χ1v) is 9.57. The number of carbonyl (C=O) groups excluding carboxylic acids is 1. The van der Waals surface area contributed by atoms with Gasteiger partial charge in [0.2, 0.25) is 0 Å². The zero-order valence-corrected chi connectivity index (χ0v) is 17.4. The largest absolute Gasteiger partial charge is 0.497 e. The van der Waals surface area contributed by atoms with E-state index >= 15 is 0 Å². The van der Waals surface area contributed by atoms with Crippen molar-refractivity contribution in [2.24, 2.45) is 5.10 Å². The van der Waals surface area contributed by atoms with Crippen LogP contribution in [0.2, 0.25) is 0 Å². The Morgan fingerprint density at radius 2 is 1.77 bits per heavy atom. The van der Waals surface area contributed by atoms with Crippen molar-refractivity contribution in [2.75, 3.05) is 12.4 Å². The Kier molecular flexibility index (Phi) is 7.13. The van der Waals surface area contributed by atoms with Crippen molar-refractivity contribution in [3.63, 3.8) is 0 Å². The van der Waals surface area contributed by atoms with E-state index < -0.39 is 5.97 Å². The Labute approximate surface area is 180 Å². The SMILES string of the molecule is COc1ccc(C(=O)Oc2cccc(/C=N\NC(=S)Nc3cccc(C)c3)c2)cc1. The number of hydrogen-bond acceptors (Lipinski definition) is 5. The molecular weight excluding hydrogens is 398 g/mol. The van der Waals surface area contributed by atoms with Gasteiger partial charge in [-0.1, -0.05) is 24.3 Å². The molecule has 0 radical (unpaired) electrons. The van der Waals surface area contributed by atoms with E-state index in [-0.39, 0.29) is 0 Å². The highest BCUT2D eigenvalue weighted by atomic mass is 32.1. The summed E-state index contributed by atoms with van der Waals surface area (Å²) < 4.78 is 10.5. The van der Waals surface area contributed by atoms with Crippen LogP contribution in [0.25, 0.3) is 0 Å². The molecule has 0 saturated carbocycles. The fraction of sp³-hybridized carbons (Fsp3) is 0.0870. The van der Waals surface area contributed by atoms with Gasteiger partial charge in [0.05, 0.1) is 18.9 Å². The molecule has 6 nitrogen and oxygen atoms in total. The lowest BCUT2D eigenvalue weighted by molar-refractivity contribution is 0.0734. The van der Waals surface area contributed by atoms with Crippen LogP contribution < -0.4 is 20.2 Å². The summed E-state index contributed by atoms with van der Waals surface area (Å²) in [4.78, 5) is 12.3. The maximum Gasteiger partial charge on any atom is 0.343 e. The van der Waals surface area contributed by atoms with Crippen LogP contribution in [0, 0.1) is 6.92 Å². The summed E-state index contributed by atoms with van der Waals surface area (Å²) in [6.45, 7) is 2.01. The van der Waals surface area contributed by atoms with Crippen LogP contribution in [0.5, 0.6) is 11.5 Å². The van der Waals surface area contributed by atoms with Crippen LogP contribution >= 0.6 is 12.2 Å². The Balaban J connectivity index is 1.56. The minimum Gasteiger partial charge on any atom is -0.497 e. The zero-order valence-electron chi connectivity index (χ0n) is 16.6. The third kappa shape index (κ3) is 6.15. The third-order valence-electron chi connectivity index (χ3n) is 4.05. The number of methoxy groups -OCH3 is 1. The first-order valence-electron chi connectivity index (χ1n) is 9.16. The van der Waals surface area contributed by atoms with Crippen molar-refractivity contribution in [1.29, 1.82) is 0 Å². The predicted octanol–water partition coefficient (Wildman–Crippen LogP) is 4.54. The summed E-state index contributed by atoms with van der Waals surface area (Å²) in [6.07, 6.45) is 1.59. The number of hydrazone groups is 1. The molecule has 0 unspecified atom stereocenters. The van der Waals surface area contributed by atoms with Crippen molar-refractivity contribution in [3.05, 3.63) is 89.5 Å². The van der Waals surface area contributed by atoms with Gasteiger partial charge in [-0.3, -0.25) is 5.43 Å². The lowest BCUT2D eigenvalue weighted by atomic mass is 10.2. The van der Waals surface area contributed by atoms with Crippen molar-refractivity contribution < 1.29 is 14.3 Å². The molecule has 0 aliphatic carbocycles. The zero-order chi connectivity index (χ0) is 21.3. The maximum absolute atomic E-state index is 12.3. The Morgan fingerprint density at radius 3 is 2.50 bits per heavy atom. The normalized spacial score (nSPS) is 10.5.